The summed E-state index contributed by atoms with van der Waals surface area (Å²) in [6.07, 6.45) is -1.09. The lowest BCUT2D eigenvalue weighted by Gasteiger charge is -2.23. The first-order valence-corrected chi connectivity index (χ1v) is 5.41. The third-order valence-electron chi connectivity index (χ3n) is 2.87. The van der Waals surface area contributed by atoms with Crippen LogP contribution in [0.2, 0.25) is 0 Å². The number of benzene rings is 1. The first-order chi connectivity index (χ1) is 8.15. The quantitative estimate of drug-likeness (QED) is 0.805. The van der Waals surface area contributed by atoms with Crippen molar-refractivity contribution < 1.29 is 14.3 Å². The molecule has 1 aromatic rings. The van der Waals surface area contributed by atoms with E-state index in [2.05, 4.69) is 6.58 Å². The van der Waals surface area contributed by atoms with E-state index in [0.717, 1.165) is 5.56 Å². The summed E-state index contributed by atoms with van der Waals surface area (Å²) in [5, 5.41) is 0. The van der Waals surface area contributed by atoms with Gasteiger partial charge in [0.05, 0.1) is 11.7 Å². The largest absolute Gasteiger partial charge is 0.417 e. The summed E-state index contributed by atoms with van der Waals surface area (Å²) in [5.41, 5.74) is 1.57. The van der Waals surface area contributed by atoms with E-state index in [1.54, 1.807) is 0 Å². The van der Waals surface area contributed by atoms with Crippen LogP contribution in [0, 0.1) is 0 Å². The molecule has 2 unspecified atom stereocenters. The molecular weight excluding hydrogens is 218 g/mol. The zero-order valence-electron chi connectivity index (χ0n) is 9.92. The van der Waals surface area contributed by atoms with Gasteiger partial charge < -0.3 is 9.47 Å². The molecule has 1 aliphatic heterocycles. The summed E-state index contributed by atoms with van der Waals surface area (Å²) in [4.78, 5) is 13.2. The van der Waals surface area contributed by atoms with E-state index in [-0.39, 0.29) is 6.04 Å². The van der Waals surface area contributed by atoms with Crippen molar-refractivity contribution in [2.45, 2.75) is 19.3 Å². The molecule has 1 amide bonds. The molecule has 4 nitrogen and oxygen atoms in total. The summed E-state index contributed by atoms with van der Waals surface area (Å²) in [6.45, 7) is 5.77. The molecule has 1 saturated heterocycles. The Balaban J connectivity index is 2.23. The zero-order chi connectivity index (χ0) is 12.4. The highest BCUT2D eigenvalue weighted by Gasteiger charge is 2.38. The van der Waals surface area contributed by atoms with Crippen LogP contribution in [-0.2, 0) is 9.47 Å². The predicted molar refractivity (Wildman–Crippen MR) is 63.1 cm³/mol. The molecule has 1 aromatic carbocycles. The summed E-state index contributed by atoms with van der Waals surface area (Å²) < 4.78 is 10.1. The topological polar surface area (TPSA) is 38.8 Å². The highest BCUT2D eigenvalue weighted by molar-refractivity contribution is 5.74. The van der Waals surface area contributed by atoms with E-state index in [1.807, 2.05) is 37.3 Å². The standard InChI is InChI=1S/C13H15NO3/c1-9(11-7-5-4-6-8-11)14-10(2)12(16-3)17-13(14)15/h4-9,12H,2H2,1,3H3. The third kappa shape index (κ3) is 2.03. The van der Waals surface area contributed by atoms with Gasteiger partial charge >= 0.3 is 6.09 Å². The molecule has 2 rings (SSSR count). The van der Waals surface area contributed by atoms with Gasteiger partial charge in [0, 0.05) is 7.11 Å². The molecule has 1 fully saturated rings. The Hall–Kier alpha value is -1.81. The first kappa shape index (κ1) is 11.7. The van der Waals surface area contributed by atoms with Crippen molar-refractivity contribution in [3.8, 4) is 0 Å². The lowest BCUT2D eigenvalue weighted by Crippen LogP contribution is -2.26. The van der Waals surface area contributed by atoms with Crippen LogP contribution in [0.15, 0.2) is 42.6 Å². The molecule has 4 heteroatoms. The minimum Gasteiger partial charge on any atom is -0.413 e. The number of hydrogen-bond acceptors (Lipinski definition) is 3. The Morgan fingerprint density at radius 3 is 2.59 bits per heavy atom. The second kappa shape index (κ2) is 4.59. The molecule has 17 heavy (non-hydrogen) atoms. The van der Waals surface area contributed by atoms with Crippen molar-refractivity contribution in [2.75, 3.05) is 7.11 Å². The molecule has 0 saturated carbocycles. The highest BCUT2D eigenvalue weighted by Crippen LogP contribution is 2.31. The maximum Gasteiger partial charge on any atom is 0.417 e. The Labute approximate surface area is 100 Å². The molecule has 0 N–H and O–H groups in total. The minimum atomic E-state index is -0.673. The van der Waals surface area contributed by atoms with Crippen LogP contribution in [0.4, 0.5) is 4.79 Å². The fourth-order valence-corrected chi connectivity index (χ4v) is 1.92. The van der Waals surface area contributed by atoms with Gasteiger partial charge in [-0.15, -0.1) is 0 Å². The summed E-state index contributed by atoms with van der Waals surface area (Å²) in [5.74, 6) is 0. The van der Waals surface area contributed by atoms with E-state index < -0.39 is 12.4 Å². The van der Waals surface area contributed by atoms with Crippen LogP contribution < -0.4 is 0 Å². The normalized spacial score (nSPS) is 21.5. The van der Waals surface area contributed by atoms with E-state index in [1.165, 1.54) is 12.0 Å². The number of amides is 1. The first-order valence-electron chi connectivity index (χ1n) is 5.41. The molecule has 1 aliphatic rings. The lowest BCUT2D eigenvalue weighted by molar-refractivity contribution is -0.0344. The molecule has 90 valence electrons. The third-order valence-corrected chi connectivity index (χ3v) is 2.87. The maximum absolute atomic E-state index is 11.7. The van der Waals surface area contributed by atoms with Crippen molar-refractivity contribution in [3.05, 3.63) is 48.2 Å². The van der Waals surface area contributed by atoms with Crippen molar-refractivity contribution in [2.24, 2.45) is 0 Å². The maximum atomic E-state index is 11.7. The second-order valence-electron chi connectivity index (χ2n) is 3.90. The van der Waals surface area contributed by atoms with E-state index in [0.29, 0.717) is 5.70 Å². The fourth-order valence-electron chi connectivity index (χ4n) is 1.92. The molecule has 0 spiro atoms. The monoisotopic (exact) mass is 233 g/mol. The van der Waals surface area contributed by atoms with Gasteiger partial charge in [-0.25, -0.2) is 4.79 Å². The number of hydrogen-bond donors (Lipinski definition) is 0. The van der Waals surface area contributed by atoms with E-state index in [4.69, 9.17) is 9.47 Å². The molecule has 0 radical (unpaired) electrons. The highest BCUT2D eigenvalue weighted by atomic mass is 16.7. The van der Waals surface area contributed by atoms with Crippen LogP contribution in [0.25, 0.3) is 0 Å². The predicted octanol–water partition coefficient (Wildman–Crippen LogP) is 2.69. The zero-order valence-corrected chi connectivity index (χ0v) is 9.92. The molecule has 1 heterocycles. The summed E-state index contributed by atoms with van der Waals surface area (Å²) >= 11 is 0. The van der Waals surface area contributed by atoms with E-state index in [9.17, 15) is 4.79 Å². The van der Waals surface area contributed by atoms with Gasteiger partial charge in [-0.3, -0.25) is 4.90 Å². The number of carbonyl (C=O) groups excluding carboxylic acids is 1. The van der Waals surface area contributed by atoms with Crippen LogP contribution in [0.3, 0.4) is 0 Å². The lowest BCUT2D eigenvalue weighted by atomic mass is 10.1. The number of cyclic esters (lactones) is 1. The Morgan fingerprint density at radius 1 is 1.41 bits per heavy atom. The second-order valence-corrected chi connectivity index (χ2v) is 3.90. The average molecular weight is 233 g/mol. The van der Waals surface area contributed by atoms with Crippen molar-refractivity contribution in [1.29, 1.82) is 0 Å². The number of rotatable bonds is 3. The van der Waals surface area contributed by atoms with Crippen molar-refractivity contribution in [3.63, 3.8) is 0 Å². The van der Waals surface area contributed by atoms with E-state index >= 15 is 0 Å². The minimum absolute atomic E-state index is 0.114. The number of methoxy groups -OCH3 is 1. The van der Waals surface area contributed by atoms with Gasteiger partial charge in [0.25, 0.3) is 0 Å². The molecule has 0 aromatic heterocycles. The van der Waals surface area contributed by atoms with Crippen LogP contribution in [-0.4, -0.2) is 24.4 Å². The van der Waals surface area contributed by atoms with Gasteiger partial charge in [-0.2, -0.15) is 0 Å². The van der Waals surface area contributed by atoms with Crippen molar-refractivity contribution in [1.82, 2.24) is 4.90 Å². The molecular formula is C13H15NO3. The average Bonchev–Trinajstić information content (AvgIpc) is 2.64. The van der Waals surface area contributed by atoms with Crippen molar-refractivity contribution >= 4 is 6.09 Å². The SMILES string of the molecule is C=C1C(OC)OC(=O)N1C(C)c1ccccc1. The number of carbonyl (C=O) groups is 1. The van der Waals surface area contributed by atoms with Gasteiger partial charge in [-0.1, -0.05) is 36.9 Å². The molecule has 2 atom stereocenters. The van der Waals surface area contributed by atoms with Gasteiger partial charge in [0.2, 0.25) is 6.29 Å². The molecule has 0 aliphatic carbocycles. The number of ether oxygens (including phenoxy) is 2. The Bertz CT molecular complexity index is 430. The van der Waals surface area contributed by atoms with Gasteiger partial charge in [0.15, 0.2) is 0 Å². The van der Waals surface area contributed by atoms with Gasteiger partial charge in [0.1, 0.15) is 0 Å². The van der Waals surface area contributed by atoms with Crippen LogP contribution in [0.5, 0.6) is 0 Å². The summed E-state index contributed by atoms with van der Waals surface area (Å²) in [6, 6.07) is 9.62. The molecule has 0 bridgehead atoms. The van der Waals surface area contributed by atoms with Crippen LogP contribution >= 0.6 is 0 Å². The Kier molecular flexibility index (Phi) is 3.15. The Morgan fingerprint density at radius 2 is 2.06 bits per heavy atom. The number of nitrogens with zero attached hydrogens (tertiary/aromatic N) is 1. The van der Waals surface area contributed by atoms with Crippen LogP contribution in [0.1, 0.15) is 18.5 Å². The van der Waals surface area contributed by atoms with Gasteiger partial charge in [-0.05, 0) is 12.5 Å². The summed E-state index contributed by atoms with van der Waals surface area (Å²) in [7, 11) is 1.49. The fraction of sp³-hybridized carbons (Fsp3) is 0.308. The smallest absolute Gasteiger partial charge is 0.413 e.